The van der Waals surface area contributed by atoms with E-state index in [1.54, 1.807) is 150 Å². The standard InChI is InChI=1S/C25H24FN9O2.C25H23FN8O.C24H22FN9O.C20H19ClN8O2/c1-4-16(31-23-21(22(27)28-13-29-23)35-30-12-14(2)33-35)24-32-17-9-7-8-15(26)20(17)25(36)34(24)18-10-5-6-11-19(18)37-3;1-3-18(30-23-21(22(27)28-14-29-23)33-13-12-15(2)32-33)24-31-19-11-7-10-17(26)20(19)25(35)34(24)16-8-5-4-6-9-16;1-3-16(30-21-19(20(26)27-12-28-21)22-29-13-33(2)32-22)23-31-17-11-7-10-15(25)18(17)24(35)34(23)14-8-5-4-6-9-14;1-2-12(26-17-15(16(22)23-8-24-17)19-28-25-9-31-19)18-27-13-5-3-4-11(21)14(13)20(30)29(18)10-6-7-10/h5-13,16H,4H2,1-3H3,(H3,27,28,29,31);4-14,18H,3H2,1-2H3,(H3,27,28,29,30);4-13,16H,3H2,1-2H3,(H3,26,27,28,30);3-5,8-10,12H,2,6-7H2,1H3,(H3,22,23,24,26)/t16-;18-;16-;12-/m0000/s1. The Morgan fingerprint density at radius 3 is 1.40 bits per heavy atom. The number of nitrogen functional groups attached to an aromatic ring is 4. The number of methoxy groups -OCH3 is 1. The van der Waals surface area contributed by atoms with E-state index in [1.807, 2.05) is 65.0 Å². The highest BCUT2D eigenvalue weighted by molar-refractivity contribution is 6.35. The number of hydrogen-bond donors (Lipinski definition) is 8. The van der Waals surface area contributed by atoms with E-state index in [0.29, 0.717) is 145 Å². The van der Waals surface area contributed by atoms with E-state index >= 15 is 0 Å². The molecule has 1 saturated carbocycles. The topological polar surface area (TPSA) is 522 Å². The quantitative estimate of drug-likeness (QED) is 0.0263. The molecule has 20 rings (SSSR count). The van der Waals surface area contributed by atoms with Crippen LogP contribution < -0.4 is 71.2 Å². The van der Waals surface area contributed by atoms with Gasteiger partial charge in [-0.3, -0.25) is 42.1 Å². The Labute approximate surface area is 786 Å². The van der Waals surface area contributed by atoms with Crippen LogP contribution in [0.3, 0.4) is 0 Å². The normalized spacial score (nSPS) is 12.6. The summed E-state index contributed by atoms with van der Waals surface area (Å²) >= 11 is 6.33. The maximum absolute atomic E-state index is 14.8. The highest BCUT2D eigenvalue weighted by Crippen LogP contribution is 2.41. The average molecular weight is 1880 g/mol. The van der Waals surface area contributed by atoms with Crippen molar-refractivity contribution in [2.75, 3.05) is 51.3 Å². The fourth-order valence-electron chi connectivity index (χ4n) is 15.8. The van der Waals surface area contributed by atoms with E-state index in [2.05, 4.69) is 96.7 Å². The molecule has 19 aromatic rings. The first-order valence-corrected chi connectivity index (χ1v) is 43.9. The highest BCUT2D eigenvalue weighted by atomic mass is 35.5. The molecule has 1 aliphatic rings. The van der Waals surface area contributed by atoms with Gasteiger partial charge in [0.15, 0.2) is 34.8 Å². The van der Waals surface area contributed by atoms with Crippen LogP contribution in [0.1, 0.15) is 131 Å². The number of nitrogens with two attached hydrogens (primary N) is 4. The predicted octanol–water partition coefficient (Wildman–Crippen LogP) is 13.9. The summed E-state index contributed by atoms with van der Waals surface area (Å²) in [5.74, 6) is 3.29. The van der Waals surface area contributed by atoms with Crippen LogP contribution in [0.4, 0.5) is 59.7 Å². The average Bonchev–Trinajstić information content (AvgIpc) is 0.930. The van der Waals surface area contributed by atoms with Gasteiger partial charge in [-0.05, 0) is 143 Å². The lowest BCUT2D eigenvalue weighted by Crippen LogP contribution is -2.29. The number of halogens is 4. The SMILES string of the molecule is CC[C@H](Nc1ncnc(N)c1-c1ncn(C)n1)c1nc2cccc(F)c2c(=O)n1-c1ccccc1.CC[C@H](Nc1ncnc(N)c1-c1nnco1)c1nc2cccc(Cl)c2c(=O)n1C1CC1.CC[C@H](Nc1ncnc(N)c1-n1ccc(C)n1)c1nc2cccc(F)c2c(=O)n1-c1ccccc1.CC[C@H](Nc1ncnc(N)c1-n1ncc(C)n1)c1nc2cccc(F)c2c(=O)n1-c1ccccc1OC. The zero-order valence-corrected chi connectivity index (χ0v) is 76.0. The minimum atomic E-state index is -0.655. The Morgan fingerprint density at radius 2 is 0.920 bits per heavy atom. The molecule has 0 bridgehead atoms. The third-order valence-electron chi connectivity index (χ3n) is 22.5. The first-order chi connectivity index (χ1) is 66.9. The molecule has 698 valence electrons. The first-order valence-electron chi connectivity index (χ1n) is 43.6. The molecule has 7 aromatic carbocycles. The smallest absolute Gasteiger partial charge is 0.269 e. The summed E-state index contributed by atoms with van der Waals surface area (Å²) in [5.41, 5.74) is 29.0. The number of ether oxygens (including phenoxy) is 1. The van der Waals surface area contributed by atoms with E-state index in [4.69, 9.17) is 63.6 Å². The molecule has 0 amide bonds. The Bertz CT molecular complexity index is 7760. The Morgan fingerprint density at radius 1 is 0.471 bits per heavy atom. The molecule has 1 fully saturated rings. The molecule has 12 heterocycles. The molecule has 0 saturated heterocycles. The number of aromatic nitrogens is 26. The van der Waals surface area contributed by atoms with Crippen LogP contribution in [0.2, 0.25) is 5.02 Å². The number of benzene rings is 7. The summed E-state index contributed by atoms with van der Waals surface area (Å²) in [7, 11) is 3.25. The molecule has 1 aliphatic carbocycles. The number of aryl methyl sites for hydroxylation is 3. The molecule has 138 heavy (non-hydrogen) atoms. The van der Waals surface area contributed by atoms with E-state index in [0.717, 1.165) is 18.5 Å². The molecule has 0 spiro atoms. The molecular weight excluding hydrogens is 1790 g/mol. The molecule has 4 atom stereocenters. The summed E-state index contributed by atoms with van der Waals surface area (Å²) in [6, 6.07) is 43.6. The number of rotatable bonds is 25. The lowest BCUT2D eigenvalue weighted by Gasteiger charge is -2.24. The van der Waals surface area contributed by atoms with Crippen molar-refractivity contribution in [1.29, 1.82) is 0 Å². The second-order valence-electron chi connectivity index (χ2n) is 31.5. The van der Waals surface area contributed by atoms with Crippen molar-refractivity contribution in [3.63, 3.8) is 0 Å². The maximum Gasteiger partial charge on any atom is 0.269 e. The van der Waals surface area contributed by atoms with Crippen molar-refractivity contribution in [1.82, 2.24) is 128 Å². The third-order valence-corrected chi connectivity index (χ3v) is 22.8. The van der Waals surface area contributed by atoms with Crippen LogP contribution in [0, 0.1) is 31.3 Å². The van der Waals surface area contributed by atoms with Crippen molar-refractivity contribution >= 4 is 102 Å². The van der Waals surface area contributed by atoms with Crippen molar-refractivity contribution in [3.05, 3.63) is 313 Å². The molecule has 40 nitrogen and oxygen atoms in total. The van der Waals surface area contributed by atoms with Crippen molar-refractivity contribution in [3.8, 4) is 57.0 Å². The van der Waals surface area contributed by atoms with Crippen LogP contribution >= 0.6 is 11.6 Å². The van der Waals surface area contributed by atoms with Gasteiger partial charge in [0.1, 0.15) is 134 Å². The van der Waals surface area contributed by atoms with E-state index in [9.17, 15) is 32.3 Å². The van der Waals surface area contributed by atoms with Gasteiger partial charge in [-0.15, -0.1) is 15.0 Å². The van der Waals surface area contributed by atoms with Crippen LogP contribution in [-0.4, -0.2) is 135 Å². The maximum atomic E-state index is 14.8. The fraction of sp³-hybridized carbons (Fsp3) is 0.202. The number of nitrogens with zero attached hydrogens (tertiary/aromatic N) is 26. The van der Waals surface area contributed by atoms with Gasteiger partial charge in [0.2, 0.25) is 6.39 Å². The predicted molar refractivity (Wildman–Crippen MR) is 515 cm³/mol. The second kappa shape index (κ2) is 40.0. The largest absolute Gasteiger partial charge is 0.495 e. The van der Waals surface area contributed by atoms with E-state index in [1.165, 1.54) is 87.6 Å². The third kappa shape index (κ3) is 18.6. The zero-order chi connectivity index (χ0) is 96.7. The number of nitrogens with one attached hydrogen (secondary N) is 4. The van der Waals surface area contributed by atoms with Gasteiger partial charge in [0.25, 0.3) is 28.1 Å². The number of fused-ring (bicyclic) bond motifs is 4. The van der Waals surface area contributed by atoms with Gasteiger partial charge in [-0.2, -0.15) is 20.4 Å². The summed E-state index contributed by atoms with van der Waals surface area (Å²) in [6.45, 7) is 11.5. The Balaban J connectivity index is 0.000000128. The molecule has 0 unspecified atom stereocenters. The first kappa shape index (κ1) is 92.2. The minimum absolute atomic E-state index is 0.0612. The molecule has 12 N–H and O–H groups in total. The summed E-state index contributed by atoms with van der Waals surface area (Å²) in [6.07, 6.45) is 15.5. The van der Waals surface area contributed by atoms with Crippen LogP contribution in [0.5, 0.6) is 5.75 Å². The van der Waals surface area contributed by atoms with Gasteiger partial charge >= 0.3 is 0 Å². The molecule has 0 radical (unpaired) electrons. The van der Waals surface area contributed by atoms with Crippen molar-refractivity contribution in [2.24, 2.45) is 7.05 Å². The van der Waals surface area contributed by atoms with Crippen molar-refractivity contribution < 1.29 is 22.3 Å². The molecule has 12 aromatic heterocycles. The van der Waals surface area contributed by atoms with Crippen LogP contribution in [0.25, 0.3) is 94.9 Å². The van der Waals surface area contributed by atoms with Crippen LogP contribution in [-0.2, 0) is 7.05 Å². The van der Waals surface area contributed by atoms with Gasteiger partial charge < -0.3 is 53.4 Å². The summed E-state index contributed by atoms with van der Waals surface area (Å²) < 4.78 is 64.2. The minimum Gasteiger partial charge on any atom is -0.495 e. The highest BCUT2D eigenvalue weighted by Gasteiger charge is 2.35. The summed E-state index contributed by atoms with van der Waals surface area (Å²) in [5, 5.41) is 39.0. The monoisotopic (exact) mass is 1880 g/mol. The van der Waals surface area contributed by atoms with Gasteiger partial charge in [-0.25, -0.2) is 82.6 Å². The molecule has 44 heteroatoms. The number of anilines is 8. The molecule has 0 aliphatic heterocycles. The molecular formula is C94H88ClF3N34O6. The van der Waals surface area contributed by atoms with Gasteiger partial charge in [-0.1, -0.05) is 112 Å². The Kier molecular flexibility index (Phi) is 26.7. The zero-order valence-electron chi connectivity index (χ0n) is 75.2. The van der Waals surface area contributed by atoms with Crippen LogP contribution in [0.15, 0.2) is 238 Å². The fourth-order valence-corrected chi connectivity index (χ4v) is 16.1. The van der Waals surface area contributed by atoms with Crippen molar-refractivity contribution in [2.45, 2.75) is 110 Å². The van der Waals surface area contributed by atoms with Gasteiger partial charge in [0.05, 0.1) is 98.4 Å². The number of para-hydroxylation sites is 4. The lowest BCUT2D eigenvalue weighted by atomic mass is 10.1. The second-order valence-corrected chi connectivity index (χ2v) is 32.0. The van der Waals surface area contributed by atoms with E-state index < -0.39 is 52.3 Å². The van der Waals surface area contributed by atoms with E-state index in [-0.39, 0.29) is 79.5 Å². The lowest BCUT2D eigenvalue weighted by molar-refractivity contribution is 0.411. The number of hydrogen-bond acceptors (Lipinski definition) is 33. The Hall–Kier alpha value is -17.7. The summed E-state index contributed by atoms with van der Waals surface area (Å²) in [4.78, 5) is 113. The van der Waals surface area contributed by atoms with Gasteiger partial charge in [0, 0.05) is 19.3 Å².